The summed E-state index contributed by atoms with van der Waals surface area (Å²) in [7, 11) is 3.60. The standard InChI is InChI=1S/C23H23ClN2O2/c1-14-15-8-5-7-11-19(15)26-13-23(22(27)28-3)17(12-25(2)21(23)20(14)26)16-9-4-6-10-18(16)24/h4-11,17,21H,12-13H2,1-3H3. The smallest absolute Gasteiger partial charge is 0.316 e. The van der Waals surface area contributed by atoms with Gasteiger partial charge < -0.3 is 9.30 Å². The third-order valence-corrected chi connectivity index (χ3v) is 7.16. The van der Waals surface area contributed by atoms with E-state index in [9.17, 15) is 4.79 Å². The molecule has 5 heteroatoms. The van der Waals surface area contributed by atoms with Crippen LogP contribution in [0.25, 0.3) is 10.9 Å². The lowest BCUT2D eigenvalue weighted by atomic mass is 9.70. The van der Waals surface area contributed by atoms with E-state index in [-0.39, 0.29) is 17.9 Å². The normalized spacial score (nSPS) is 26.4. The van der Waals surface area contributed by atoms with E-state index in [1.54, 1.807) is 0 Å². The third-order valence-electron chi connectivity index (χ3n) is 6.82. The van der Waals surface area contributed by atoms with Gasteiger partial charge in [-0.25, -0.2) is 0 Å². The first-order valence-corrected chi connectivity index (χ1v) is 9.99. The number of fused-ring (bicyclic) bond motifs is 5. The maximum atomic E-state index is 13.4. The maximum Gasteiger partial charge on any atom is 0.316 e. The molecule has 2 aliphatic heterocycles. The van der Waals surface area contributed by atoms with E-state index in [2.05, 4.69) is 47.7 Å². The Hall–Kier alpha value is -2.30. The fraction of sp³-hybridized carbons (Fsp3) is 0.348. The highest BCUT2D eigenvalue weighted by atomic mass is 35.5. The Labute approximate surface area is 169 Å². The average molecular weight is 395 g/mol. The van der Waals surface area contributed by atoms with Crippen molar-refractivity contribution in [2.45, 2.75) is 25.4 Å². The summed E-state index contributed by atoms with van der Waals surface area (Å²) in [5.74, 6) is -0.180. The summed E-state index contributed by atoms with van der Waals surface area (Å²) in [5, 5.41) is 1.97. The molecular weight excluding hydrogens is 372 g/mol. The van der Waals surface area contributed by atoms with Crippen LogP contribution in [0, 0.1) is 12.3 Å². The molecule has 0 bridgehead atoms. The number of nitrogens with zero attached hydrogens (tertiary/aromatic N) is 2. The Morgan fingerprint density at radius 2 is 1.89 bits per heavy atom. The van der Waals surface area contributed by atoms with E-state index in [1.807, 2.05) is 24.3 Å². The molecule has 3 aromatic rings. The van der Waals surface area contributed by atoms with Crippen LogP contribution in [0.4, 0.5) is 0 Å². The fourth-order valence-electron chi connectivity index (χ4n) is 5.71. The second kappa shape index (κ2) is 6.10. The van der Waals surface area contributed by atoms with Crippen molar-refractivity contribution >= 4 is 28.5 Å². The molecule has 1 aromatic heterocycles. The Morgan fingerprint density at radius 3 is 2.64 bits per heavy atom. The third kappa shape index (κ3) is 2.08. The molecule has 0 spiro atoms. The van der Waals surface area contributed by atoms with Gasteiger partial charge in [0.1, 0.15) is 5.41 Å². The number of rotatable bonds is 2. The first-order valence-electron chi connectivity index (χ1n) is 9.61. The molecule has 4 nitrogen and oxygen atoms in total. The zero-order valence-corrected chi connectivity index (χ0v) is 17.0. The van der Waals surface area contributed by atoms with Crippen LogP contribution in [-0.4, -0.2) is 36.1 Å². The van der Waals surface area contributed by atoms with Gasteiger partial charge in [-0.3, -0.25) is 9.69 Å². The minimum Gasteiger partial charge on any atom is -0.468 e. The lowest BCUT2D eigenvalue weighted by molar-refractivity contribution is -0.155. The number of halogens is 1. The van der Waals surface area contributed by atoms with E-state index in [0.29, 0.717) is 11.6 Å². The summed E-state index contributed by atoms with van der Waals surface area (Å²) >= 11 is 6.59. The minimum absolute atomic E-state index is 0.0262. The highest BCUT2D eigenvalue weighted by molar-refractivity contribution is 6.31. The Balaban J connectivity index is 1.77. The van der Waals surface area contributed by atoms with Gasteiger partial charge in [-0.05, 0) is 37.2 Å². The molecule has 0 radical (unpaired) electrons. The number of hydrogen-bond acceptors (Lipinski definition) is 3. The Morgan fingerprint density at radius 1 is 1.18 bits per heavy atom. The number of carbonyl (C=O) groups excluding carboxylic acids is 1. The van der Waals surface area contributed by atoms with Crippen LogP contribution in [0.2, 0.25) is 5.02 Å². The SMILES string of the molecule is COC(=O)C12Cn3c(c(C)c4ccccc43)C1N(C)CC2c1ccccc1Cl. The van der Waals surface area contributed by atoms with Crippen LogP contribution in [0.3, 0.4) is 0 Å². The maximum absolute atomic E-state index is 13.4. The van der Waals surface area contributed by atoms with Crippen molar-refractivity contribution in [3.05, 3.63) is 70.4 Å². The van der Waals surface area contributed by atoms with Crippen molar-refractivity contribution in [1.82, 2.24) is 9.47 Å². The summed E-state index contributed by atoms with van der Waals surface area (Å²) in [6.07, 6.45) is 0. The molecule has 2 aliphatic rings. The van der Waals surface area contributed by atoms with Crippen molar-refractivity contribution in [1.29, 1.82) is 0 Å². The number of likely N-dealkylation sites (tertiary alicyclic amines) is 1. The summed E-state index contributed by atoms with van der Waals surface area (Å²) in [5.41, 5.74) is 4.00. The van der Waals surface area contributed by atoms with Gasteiger partial charge >= 0.3 is 5.97 Å². The molecule has 0 amide bonds. The zero-order chi connectivity index (χ0) is 19.6. The lowest BCUT2D eigenvalue weighted by Gasteiger charge is -2.33. The highest BCUT2D eigenvalue weighted by Gasteiger charge is 2.64. The molecule has 0 saturated carbocycles. The molecule has 0 N–H and O–H groups in total. The summed E-state index contributed by atoms with van der Waals surface area (Å²) in [6.45, 7) is 3.54. The molecule has 0 aliphatic carbocycles. The number of hydrogen-bond donors (Lipinski definition) is 0. The summed E-state index contributed by atoms with van der Waals surface area (Å²) < 4.78 is 7.73. The number of likely N-dealkylation sites (N-methyl/N-ethyl adjacent to an activating group) is 1. The van der Waals surface area contributed by atoms with E-state index in [1.165, 1.54) is 29.3 Å². The van der Waals surface area contributed by atoms with Gasteiger partial charge in [0.2, 0.25) is 0 Å². The monoisotopic (exact) mass is 394 g/mol. The molecule has 144 valence electrons. The van der Waals surface area contributed by atoms with Crippen LogP contribution in [0.15, 0.2) is 48.5 Å². The van der Waals surface area contributed by atoms with E-state index in [4.69, 9.17) is 16.3 Å². The van der Waals surface area contributed by atoms with Crippen molar-refractivity contribution in [3.8, 4) is 0 Å². The highest BCUT2D eigenvalue weighted by Crippen LogP contribution is 2.61. The van der Waals surface area contributed by atoms with Gasteiger partial charge in [-0.15, -0.1) is 0 Å². The predicted octanol–water partition coefficient (Wildman–Crippen LogP) is 4.55. The topological polar surface area (TPSA) is 34.5 Å². The number of ether oxygens (including phenoxy) is 1. The number of carbonyl (C=O) groups is 1. The van der Waals surface area contributed by atoms with E-state index in [0.717, 1.165) is 12.1 Å². The Bertz CT molecular complexity index is 1110. The molecular formula is C23H23ClN2O2. The number of esters is 1. The zero-order valence-electron chi connectivity index (χ0n) is 16.3. The predicted molar refractivity (Wildman–Crippen MR) is 111 cm³/mol. The van der Waals surface area contributed by atoms with E-state index < -0.39 is 5.41 Å². The number of aryl methyl sites for hydroxylation is 1. The lowest BCUT2D eigenvalue weighted by Crippen LogP contribution is -2.40. The van der Waals surface area contributed by atoms with Gasteiger partial charge in [0.25, 0.3) is 0 Å². The second-order valence-corrected chi connectivity index (χ2v) is 8.47. The first-order chi connectivity index (χ1) is 13.5. The molecule has 1 saturated heterocycles. The van der Waals surface area contributed by atoms with Crippen LogP contribution in [0.1, 0.15) is 28.8 Å². The molecule has 2 aromatic carbocycles. The quantitative estimate of drug-likeness (QED) is 0.598. The number of benzene rings is 2. The van der Waals surface area contributed by atoms with Gasteiger partial charge in [0.15, 0.2) is 0 Å². The number of methoxy groups -OCH3 is 1. The summed E-state index contributed by atoms with van der Waals surface area (Å²) in [6, 6.07) is 16.3. The molecule has 1 fully saturated rings. The van der Waals surface area contributed by atoms with Crippen molar-refractivity contribution < 1.29 is 9.53 Å². The fourth-order valence-corrected chi connectivity index (χ4v) is 5.98. The largest absolute Gasteiger partial charge is 0.468 e. The minimum atomic E-state index is -0.682. The van der Waals surface area contributed by atoms with Crippen LogP contribution < -0.4 is 0 Å². The van der Waals surface area contributed by atoms with Crippen molar-refractivity contribution in [2.75, 3.05) is 20.7 Å². The van der Waals surface area contributed by atoms with E-state index >= 15 is 0 Å². The van der Waals surface area contributed by atoms with Crippen molar-refractivity contribution in [2.24, 2.45) is 5.41 Å². The Kier molecular flexibility index (Phi) is 3.87. The number of para-hydroxylation sites is 1. The molecule has 28 heavy (non-hydrogen) atoms. The molecule has 3 heterocycles. The molecule has 3 atom stereocenters. The first kappa shape index (κ1) is 17.8. The van der Waals surface area contributed by atoms with Gasteiger partial charge in [-0.1, -0.05) is 48.0 Å². The summed E-state index contributed by atoms with van der Waals surface area (Å²) in [4.78, 5) is 15.7. The van der Waals surface area contributed by atoms with Crippen LogP contribution >= 0.6 is 11.6 Å². The van der Waals surface area contributed by atoms with Gasteiger partial charge in [-0.2, -0.15) is 0 Å². The number of aromatic nitrogens is 1. The molecule has 3 unspecified atom stereocenters. The van der Waals surface area contributed by atoms with Gasteiger partial charge in [0, 0.05) is 40.6 Å². The van der Waals surface area contributed by atoms with Gasteiger partial charge in [0.05, 0.1) is 13.2 Å². The average Bonchev–Trinajstić information content (AvgIpc) is 3.29. The molecule has 5 rings (SSSR count). The second-order valence-electron chi connectivity index (χ2n) is 8.06. The van der Waals surface area contributed by atoms with Crippen LogP contribution in [-0.2, 0) is 16.1 Å². The van der Waals surface area contributed by atoms with Crippen molar-refractivity contribution in [3.63, 3.8) is 0 Å². The van der Waals surface area contributed by atoms with Crippen LogP contribution in [0.5, 0.6) is 0 Å².